The van der Waals surface area contributed by atoms with Crippen molar-refractivity contribution in [1.29, 1.82) is 0 Å². The first-order valence-electron chi connectivity index (χ1n) is 7.55. The van der Waals surface area contributed by atoms with Gasteiger partial charge in [0.1, 0.15) is 0 Å². The summed E-state index contributed by atoms with van der Waals surface area (Å²) in [5, 5.41) is 15.0. The highest BCUT2D eigenvalue weighted by atomic mass is 19.1. The van der Waals surface area contributed by atoms with Gasteiger partial charge in [-0.05, 0) is 49.8 Å². The number of rotatable bonds is 5. The van der Waals surface area contributed by atoms with Crippen molar-refractivity contribution in [2.45, 2.75) is 38.3 Å². The maximum Gasteiger partial charge on any atom is 0.315 e. The highest BCUT2D eigenvalue weighted by Crippen LogP contribution is 2.24. The lowest BCUT2D eigenvalue weighted by atomic mass is 10.1. The maximum atomic E-state index is 13.7. The first-order chi connectivity index (χ1) is 10.5. The van der Waals surface area contributed by atoms with E-state index in [-0.39, 0.29) is 23.9 Å². The van der Waals surface area contributed by atoms with E-state index in [1.165, 1.54) is 13.2 Å². The Balaban J connectivity index is 1.81. The second-order valence-corrected chi connectivity index (χ2v) is 5.80. The number of methoxy groups -OCH3 is 1. The number of amides is 2. The minimum Gasteiger partial charge on any atom is -0.494 e. The SMILES string of the molecule is COc1ccc([C@H](C)NC(=O)NC[C@@H]2CC[C@@H](O)C2)cc1F. The first kappa shape index (κ1) is 16.5. The Morgan fingerprint density at radius 2 is 2.27 bits per heavy atom. The van der Waals surface area contributed by atoms with E-state index in [1.807, 2.05) is 0 Å². The van der Waals surface area contributed by atoms with Crippen molar-refractivity contribution in [1.82, 2.24) is 10.6 Å². The molecule has 0 aliphatic heterocycles. The molecule has 1 aromatic rings. The van der Waals surface area contributed by atoms with Crippen LogP contribution in [0.15, 0.2) is 18.2 Å². The monoisotopic (exact) mass is 310 g/mol. The molecule has 3 atom stereocenters. The van der Waals surface area contributed by atoms with E-state index >= 15 is 0 Å². The van der Waals surface area contributed by atoms with E-state index in [9.17, 15) is 14.3 Å². The van der Waals surface area contributed by atoms with Crippen LogP contribution in [0, 0.1) is 11.7 Å². The second kappa shape index (κ2) is 7.45. The van der Waals surface area contributed by atoms with E-state index in [1.54, 1.807) is 19.1 Å². The molecule has 2 rings (SSSR count). The second-order valence-electron chi connectivity index (χ2n) is 5.80. The lowest BCUT2D eigenvalue weighted by Gasteiger charge is -2.17. The lowest BCUT2D eigenvalue weighted by molar-refractivity contribution is 0.177. The zero-order chi connectivity index (χ0) is 16.1. The summed E-state index contributed by atoms with van der Waals surface area (Å²) in [5.41, 5.74) is 0.671. The van der Waals surface area contributed by atoms with Crippen LogP contribution < -0.4 is 15.4 Å². The molecular weight excluding hydrogens is 287 g/mol. The zero-order valence-corrected chi connectivity index (χ0v) is 12.9. The quantitative estimate of drug-likeness (QED) is 0.782. The molecule has 1 aliphatic rings. The van der Waals surface area contributed by atoms with Crippen molar-refractivity contribution in [3.63, 3.8) is 0 Å². The molecule has 0 spiro atoms. The average Bonchev–Trinajstić information content (AvgIpc) is 2.90. The lowest BCUT2D eigenvalue weighted by Crippen LogP contribution is -2.39. The summed E-state index contributed by atoms with van der Waals surface area (Å²) in [6.07, 6.45) is 2.23. The van der Waals surface area contributed by atoms with Crippen molar-refractivity contribution in [3.8, 4) is 5.75 Å². The average molecular weight is 310 g/mol. The fourth-order valence-corrected chi connectivity index (χ4v) is 2.75. The van der Waals surface area contributed by atoms with Crippen LogP contribution >= 0.6 is 0 Å². The van der Waals surface area contributed by atoms with E-state index < -0.39 is 5.82 Å². The zero-order valence-electron chi connectivity index (χ0n) is 12.9. The van der Waals surface area contributed by atoms with E-state index in [0.717, 1.165) is 19.3 Å². The molecule has 1 fully saturated rings. The summed E-state index contributed by atoms with van der Waals surface area (Å²) < 4.78 is 18.5. The number of hydrogen-bond acceptors (Lipinski definition) is 3. The molecule has 22 heavy (non-hydrogen) atoms. The van der Waals surface area contributed by atoms with Crippen LogP contribution in [0.3, 0.4) is 0 Å². The summed E-state index contributed by atoms with van der Waals surface area (Å²) in [4.78, 5) is 11.9. The third-order valence-electron chi connectivity index (χ3n) is 4.09. The molecule has 6 heteroatoms. The van der Waals surface area contributed by atoms with Crippen LogP contribution in [0.1, 0.15) is 37.8 Å². The Morgan fingerprint density at radius 1 is 1.50 bits per heavy atom. The molecular formula is C16H23FN2O3. The van der Waals surface area contributed by atoms with Gasteiger partial charge in [-0.15, -0.1) is 0 Å². The van der Waals surface area contributed by atoms with Crippen molar-refractivity contribution >= 4 is 6.03 Å². The van der Waals surface area contributed by atoms with Crippen molar-refractivity contribution < 1.29 is 19.0 Å². The van der Waals surface area contributed by atoms with Crippen LogP contribution in [-0.4, -0.2) is 30.9 Å². The van der Waals surface area contributed by atoms with Crippen molar-refractivity contribution in [2.75, 3.05) is 13.7 Å². The predicted octanol–water partition coefficient (Wildman–Crippen LogP) is 2.36. The summed E-state index contributed by atoms with van der Waals surface area (Å²) >= 11 is 0. The Bertz CT molecular complexity index is 524. The summed E-state index contributed by atoms with van der Waals surface area (Å²) in [6, 6.07) is 4.03. The molecule has 2 amide bonds. The molecule has 1 aromatic carbocycles. The molecule has 1 saturated carbocycles. The molecule has 3 N–H and O–H groups in total. The van der Waals surface area contributed by atoms with Crippen molar-refractivity contribution in [2.24, 2.45) is 5.92 Å². The number of carbonyl (C=O) groups is 1. The Kier molecular flexibility index (Phi) is 5.60. The highest BCUT2D eigenvalue weighted by Gasteiger charge is 2.23. The maximum absolute atomic E-state index is 13.7. The number of urea groups is 1. The van der Waals surface area contributed by atoms with Gasteiger partial charge < -0.3 is 20.5 Å². The first-order valence-corrected chi connectivity index (χ1v) is 7.55. The van der Waals surface area contributed by atoms with Gasteiger partial charge in [-0.1, -0.05) is 6.07 Å². The molecule has 122 valence electrons. The number of carbonyl (C=O) groups excluding carboxylic acids is 1. The van der Waals surface area contributed by atoms with Gasteiger partial charge in [-0.2, -0.15) is 0 Å². The van der Waals surface area contributed by atoms with Gasteiger partial charge in [0.15, 0.2) is 11.6 Å². The van der Waals surface area contributed by atoms with Gasteiger partial charge in [0.05, 0.1) is 19.3 Å². The fourth-order valence-electron chi connectivity index (χ4n) is 2.75. The number of ether oxygens (including phenoxy) is 1. The van der Waals surface area contributed by atoms with Gasteiger partial charge in [-0.3, -0.25) is 0 Å². The Morgan fingerprint density at radius 3 is 2.86 bits per heavy atom. The summed E-state index contributed by atoms with van der Waals surface area (Å²) in [5.74, 6) is 0.0590. The van der Waals surface area contributed by atoms with E-state index in [4.69, 9.17) is 4.74 Å². The van der Waals surface area contributed by atoms with Gasteiger partial charge in [0.25, 0.3) is 0 Å². The third-order valence-corrected chi connectivity index (χ3v) is 4.09. The Labute approximate surface area is 129 Å². The Hall–Kier alpha value is -1.82. The van der Waals surface area contributed by atoms with Crippen LogP contribution in [0.25, 0.3) is 0 Å². The van der Waals surface area contributed by atoms with Gasteiger partial charge in [0.2, 0.25) is 0 Å². The minimum atomic E-state index is -0.450. The number of halogens is 1. The molecule has 0 bridgehead atoms. The molecule has 0 saturated heterocycles. The minimum absolute atomic E-state index is 0.181. The van der Waals surface area contributed by atoms with Gasteiger partial charge in [-0.25, -0.2) is 9.18 Å². The van der Waals surface area contributed by atoms with Crippen LogP contribution in [0.2, 0.25) is 0 Å². The van der Waals surface area contributed by atoms with Crippen LogP contribution in [0.4, 0.5) is 9.18 Å². The molecule has 0 aromatic heterocycles. The number of benzene rings is 1. The summed E-state index contributed by atoms with van der Waals surface area (Å²) in [7, 11) is 1.41. The van der Waals surface area contributed by atoms with Gasteiger partial charge >= 0.3 is 6.03 Å². The highest BCUT2D eigenvalue weighted by molar-refractivity contribution is 5.74. The molecule has 1 aliphatic carbocycles. The van der Waals surface area contributed by atoms with Crippen LogP contribution in [-0.2, 0) is 0 Å². The topological polar surface area (TPSA) is 70.6 Å². The fraction of sp³-hybridized carbons (Fsp3) is 0.562. The number of nitrogens with one attached hydrogen (secondary N) is 2. The molecule has 0 heterocycles. The van der Waals surface area contributed by atoms with Crippen molar-refractivity contribution in [3.05, 3.63) is 29.6 Å². The van der Waals surface area contributed by atoms with Gasteiger partial charge in [0, 0.05) is 6.54 Å². The third kappa shape index (κ3) is 4.34. The number of hydrogen-bond donors (Lipinski definition) is 3. The predicted molar refractivity (Wildman–Crippen MR) is 81.2 cm³/mol. The standard InChI is InChI=1S/C16H23FN2O3/c1-10(12-4-6-15(22-2)14(17)8-12)19-16(21)18-9-11-3-5-13(20)7-11/h4,6,8,10-11,13,20H,3,5,7,9H2,1-2H3,(H2,18,19,21)/t10-,11+,13+/m0/s1. The smallest absolute Gasteiger partial charge is 0.315 e. The molecule has 5 nitrogen and oxygen atoms in total. The molecule has 0 unspecified atom stereocenters. The van der Waals surface area contributed by atoms with E-state index in [2.05, 4.69) is 10.6 Å². The number of aliphatic hydroxyl groups excluding tert-OH is 1. The van der Waals surface area contributed by atoms with Crippen LogP contribution in [0.5, 0.6) is 5.75 Å². The number of aliphatic hydroxyl groups is 1. The largest absolute Gasteiger partial charge is 0.494 e. The van der Waals surface area contributed by atoms with E-state index in [0.29, 0.717) is 18.0 Å². The summed E-state index contributed by atoms with van der Waals surface area (Å²) in [6.45, 7) is 2.34. The molecule has 0 radical (unpaired) electrons. The normalized spacial score (nSPS) is 22.2.